The zero-order valence-corrected chi connectivity index (χ0v) is 9.69. The van der Waals surface area contributed by atoms with Gasteiger partial charge in [0.2, 0.25) is 5.91 Å². The normalized spacial score (nSPS) is 12.1. The molecule has 4 nitrogen and oxygen atoms in total. The summed E-state index contributed by atoms with van der Waals surface area (Å²) in [5.41, 5.74) is 1.12. The summed E-state index contributed by atoms with van der Waals surface area (Å²) in [6.07, 6.45) is 0. The quantitative estimate of drug-likeness (QED) is 0.745. The Labute approximate surface area is 96.0 Å². The maximum absolute atomic E-state index is 11.1. The van der Waals surface area contributed by atoms with Crippen molar-refractivity contribution in [1.82, 2.24) is 10.6 Å². The molecule has 16 heavy (non-hydrogen) atoms. The van der Waals surface area contributed by atoms with Crippen molar-refractivity contribution in [1.29, 1.82) is 0 Å². The molecule has 1 aromatic rings. The van der Waals surface area contributed by atoms with Crippen molar-refractivity contribution in [2.45, 2.75) is 6.04 Å². The van der Waals surface area contributed by atoms with Gasteiger partial charge < -0.3 is 10.1 Å². The second kappa shape index (κ2) is 6.98. The Morgan fingerprint density at radius 3 is 2.62 bits per heavy atom. The number of hydrogen-bond acceptors (Lipinski definition) is 3. The van der Waals surface area contributed by atoms with Crippen LogP contribution in [-0.2, 0) is 9.53 Å². The largest absolute Gasteiger partial charge is 0.383 e. The molecule has 0 aliphatic rings. The molecule has 0 saturated carbocycles. The fraction of sp³-hybridized carbons (Fsp3) is 0.417. The smallest absolute Gasteiger partial charge is 0.233 e. The summed E-state index contributed by atoms with van der Waals surface area (Å²) < 4.78 is 5.13. The monoisotopic (exact) mass is 222 g/mol. The van der Waals surface area contributed by atoms with E-state index < -0.39 is 0 Å². The number of methoxy groups -OCH3 is 1. The van der Waals surface area contributed by atoms with Crippen LogP contribution in [0.15, 0.2) is 30.3 Å². The molecule has 0 aromatic heterocycles. The van der Waals surface area contributed by atoms with Crippen LogP contribution in [0.3, 0.4) is 0 Å². The Morgan fingerprint density at radius 1 is 1.38 bits per heavy atom. The first-order valence-electron chi connectivity index (χ1n) is 5.25. The first-order valence-corrected chi connectivity index (χ1v) is 5.25. The zero-order valence-electron chi connectivity index (χ0n) is 9.69. The van der Waals surface area contributed by atoms with Gasteiger partial charge in [-0.05, 0) is 5.56 Å². The SMILES string of the molecule is CNC(=O)CNC(COC)c1ccccc1. The molecular formula is C12H18N2O2. The molecule has 1 aromatic carbocycles. The minimum absolute atomic E-state index is 0.0305. The van der Waals surface area contributed by atoms with Crippen LogP contribution in [-0.4, -0.2) is 33.2 Å². The summed E-state index contributed by atoms with van der Waals surface area (Å²) in [6.45, 7) is 0.834. The highest BCUT2D eigenvalue weighted by Crippen LogP contribution is 2.11. The van der Waals surface area contributed by atoms with Crippen LogP contribution in [0, 0.1) is 0 Å². The van der Waals surface area contributed by atoms with Gasteiger partial charge in [0.15, 0.2) is 0 Å². The van der Waals surface area contributed by atoms with E-state index in [0.29, 0.717) is 13.2 Å². The lowest BCUT2D eigenvalue weighted by molar-refractivity contribution is -0.119. The van der Waals surface area contributed by atoms with Gasteiger partial charge >= 0.3 is 0 Å². The highest BCUT2D eigenvalue weighted by Gasteiger charge is 2.11. The van der Waals surface area contributed by atoms with E-state index in [-0.39, 0.29) is 11.9 Å². The second-order valence-corrected chi connectivity index (χ2v) is 3.47. The van der Waals surface area contributed by atoms with Gasteiger partial charge in [0.05, 0.1) is 19.2 Å². The van der Waals surface area contributed by atoms with Crippen LogP contribution in [0.5, 0.6) is 0 Å². The summed E-state index contributed by atoms with van der Waals surface area (Å²) in [5, 5.41) is 5.72. The molecule has 0 heterocycles. The lowest BCUT2D eigenvalue weighted by Crippen LogP contribution is -2.35. The average Bonchev–Trinajstić information content (AvgIpc) is 2.35. The third kappa shape index (κ3) is 4.00. The summed E-state index contributed by atoms with van der Waals surface area (Å²) in [4.78, 5) is 11.1. The van der Waals surface area contributed by atoms with Gasteiger partial charge in [-0.3, -0.25) is 10.1 Å². The summed E-state index contributed by atoms with van der Waals surface area (Å²) in [6, 6.07) is 9.98. The van der Waals surface area contributed by atoms with E-state index in [0.717, 1.165) is 5.56 Å². The summed E-state index contributed by atoms with van der Waals surface area (Å²) in [7, 11) is 3.27. The first-order chi connectivity index (χ1) is 7.77. The predicted molar refractivity (Wildman–Crippen MR) is 63.1 cm³/mol. The van der Waals surface area contributed by atoms with Gasteiger partial charge in [0.25, 0.3) is 0 Å². The molecule has 0 aliphatic carbocycles. The fourth-order valence-corrected chi connectivity index (χ4v) is 1.43. The number of carbonyl (C=O) groups excluding carboxylic acids is 1. The molecule has 0 spiro atoms. The molecule has 0 bridgehead atoms. The topological polar surface area (TPSA) is 50.4 Å². The Hall–Kier alpha value is -1.39. The number of benzene rings is 1. The van der Waals surface area contributed by atoms with Gasteiger partial charge in [-0.15, -0.1) is 0 Å². The molecule has 2 N–H and O–H groups in total. The van der Waals surface area contributed by atoms with Crippen LogP contribution >= 0.6 is 0 Å². The summed E-state index contributed by atoms with van der Waals surface area (Å²) in [5.74, 6) is -0.0305. The Kier molecular flexibility index (Phi) is 5.53. The number of likely N-dealkylation sites (N-methyl/N-ethyl adjacent to an activating group) is 1. The van der Waals surface area contributed by atoms with Crippen LogP contribution in [0.2, 0.25) is 0 Å². The zero-order chi connectivity index (χ0) is 11.8. The third-order valence-electron chi connectivity index (χ3n) is 2.32. The maximum Gasteiger partial charge on any atom is 0.233 e. The van der Waals surface area contributed by atoms with E-state index in [1.54, 1.807) is 14.2 Å². The number of rotatable bonds is 6. The highest BCUT2D eigenvalue weighted by molar-refractivity contribution is 5.77. The lowest BCUT2D eigenvalue weighted by atomic mass is 10.1. The molecule has 1 unspecified atom stereocenters. The van der Waals surface area contributed by atoms with E-state index in [1.807, 2.05) is 30.3 Å². The molecule has 4 heteroatoms. The third-order valence-corrected chi connectivity index (χ3v) is 2.32. The van der Waals surface area contributed by atoms with Gasteiger partial charge in [0.1, 0.15) is 0 Å². The number of ether oxygens (including phenoxy) is 1. The standard InChI is InChI=1S/C12H18N2O2/c1-13-12(15)8-14-11(9-16-2)10-6-4-3-5-7-10/h3-7,11,14H,8-9H2,1-2H3,(H,13,15). The lowest BCUT2D eigenvalue weighted by Gasteiger charge is -2.17. The minimum Gasteiger partial charge on any atom is -0.383 e. The molecule has 88 valence electrons. The Bertz CT molecular complexity index is 314. The van der Waals surface area contributed by atoms with E-state index in [9.17, 15) is 4.79 Å². The van der Waals surface area contributed by atoms with Crippen LogP contribution in [0.4, 0.5) is 0 Å². The molecular weight excluding hydrogens is 204 g/mol. The van der Waals surface area contributed by atoms with Crippen LogP contribution in [0.25, 0.3) is 0 Å². The highest BCUT2D eigenvalue weighted by atomic mass is 16.5. The van der Waals surface area contributed by atoms with Gasteiger partial charge in [-0.2, -0.15) is 0 Å². The molecule has 1 amide bonds. The number of amides is 1. The van der Waals surface area contributed by atoms with Crippen molar-refractivity contribution in [3.8, 4) is 0 Å². The Morgan fingerprint density at radius 2 is 2.06 bits per heavy atom. The van der Waals surface area contributed by atoms with Crippen LogP contribution in [0.1, 0.15) is 11.6 Å². The van der Waals surface area contributed by atoms with Gasteiger partial charge in [-0.25, -0.2) is 0 Å². The van der Waals surface area contributed by atoms with Crippen molar-refractivity contribution in [2.75, 3.05) is 27.3 Å². The van der Waals surface area contributed by atoms with Crippen molar-refractivity contribution in [3.63, 3.8) is 0 Å². The van der Waals surface area contributed by atoms with E-state index >= 15 is 0 Å². The van der Waals surface area contributed by atoms with Crippen molar-refractivity contribution >= 4 is 5.91 Å². The molecule has 1 atom stereocenters. The van der Waals surface area contributed by atoms with Crippen molar-refractivity contribution in [2.24, 2.45) is 0 Å². The maximum atomic E-state index is 11.1. The number of hydrogen-bond donors (Lipinski definition) is 2. The Balaban J connectivity index is 2.57. The average molecular weight is 222 g/mol. The second-order valence-electron chi connectivity index (χ2n) is 3.47. The molecule has 0 radical (unpaired) electrons. The van der Waals surface area contributed by atoms with Gasteiger partial charge in [-0.1, -0.05) is 30.3 Å². The fourth-order valence-electron chi connectivity index (χ4n) is 1.43. The number of nitrogens with one attached hydrogen (secondary N) is 2. The molecule has 0 fully saturated rings. The van der Waals surface area contributed by atoms with Gasteiger partial charge in [0, 0.05) is 14.2 Å². The molecule has 0 saturated heterocycles. The first kappa shape index (κ1) is 12.7. The molecule has 0 aliphatic heterocycles. The molecule has 1 rings (SSSR count). The predicted octanol–water partition coefficient (Wildman–Crippen LogP) is 0.710. The van der Waals surface area contributed by atoms with Crippen LogP contribution < -0.4 is 10.6 Å². The van der Waals surface area contributed by atoms with E-state index in [1.165, 1.54) is 0 Å². The van der Waals surface area contributed by atoms with Crippen molar-refractivity contribution < 1.29 is 9.53 Å². The summed E-state index contributed by atoms with van der Waals surface area (Å²) >= 11 is 0. The van der Waals surface area contributed by atoms with Crippen molar-refractivity contribution in [3.05, 3.63) is 35.9 Å². The number of carbonyl (C=O) groups is 1. The minimum atomic E-state index is -0.0305. The van der Waals surface area contributed by atoms with E-state index in [2.05, 4.69) is 10.6 Å². The van der Waals surface area contributed by atoms with E-state index in [4.69, 9.17) is 4.74 Å².